The summed E-state index contributed by atoms with van der Waals surface area (Å²) in [6.07, 6.45) is 4.54. The van der Waals surface area contributed by atoms with Crippen LogP contribution in [0.4, 0.5) is 5.82 Å². The maximum atomic E-state index is 9.90. The van der Waals surface area contributed by atoms with Gasteiger partial charge in [0.1, 0.15) is 11.8 Å². The van der Waals surface area contributed by atoms with E-state index >= 15 is 0 Å². The SMILES string of the molecule is CSC[C@H](O)[C@@H](CO)NCc1c[nH]c2c(N)ncnc12. The Morgan fingerprint density at radius 2 is 2.30 bits per heavy atom. The van der Waals surface area contributed by atoms with E-state index in [0.717, 1.165) is 11.1 Å². The molecule has 0 bridgehead atoms. The van der Waals surface area contributed by atoms with Gasteiger partial charge >= 0.3 is 0 Å². The molecule has 2 rings (SSSR count). The highest BCUT2D eigenvalue weighted by Crippen LogP contribution is 2.19. The first-order chi connectivity index (χ1) is 9.67. The molecule has 20 heavy (non-hydrogen) atoms. The lowest BCUT2D eigenvalue weighted by atomic mass is 10.2. The van der Waals surface area contributed by atoms with Gasteiger partial charge < -0.3 is 26.2 Å². The van der Waals surface area contributed by atoms with Crippen molar-refractivity contribution in [3.8, 4) is 0 Å². The third-order valence-corrected chi connectivity index (χ3v) is 3.80. The number of fused-ring (bicyclic) bond motifs is 1. The van der Waals surface area contributed by atoms with E-state index in [0.29, 0.717) is 23.6 Å². The summed E-state index contributed by atoms with van der Waals surface area (Å²) in [5.41, 5.74) is 8.13. The number of H-pyrrole nitrogens is 1. The lowest BCUT2D eigenvalue weighted by Crippen LogP contribution is -2.43. The van der Waals surface area contributed by atoms with Crippen molar-refractivity contribution in [2.24, 2.45) is 0 Å². The van der Waals surface area contributed by atoms with E-state index < -0.39 is 6.10 Å². The van der Waals surface area contributed by atoms with Crippen molar-refractivity contribution in [3.05, 3.63) is 18.1 Å². The average Bonchev–Trinajstić information content (AvgIpc) is 2.85. The van der Waals surface area contributed by atoms with Gasteiger partial charge in [0.25, 0.3) is 0 Å². The normalized spacial score (nSPS) is 14.6. The molecule has 0 aliphatic heterocycles. The summed E-state index contributed by atoms with van der Waals surface area (Å²) in [7, 11) is 0. The quantitative estimate of drug-likeness (QED) is 0.476. The zero-order chi connectivity index (χ0) is 14.5. The van der Waals surface area contributed by atoms with Gasteiger partial charge in [0.2, 0.25) is 0 Å². The molecule has 0 unspecified atom stereocenters. The number of hydrogen-bond acceptors (Lipinski definition) is 7. The minimum Gasteiger partial charge on any atom is -0.395 e. The number of aromatic amines is 1. The van der Waals surface area contributed by atoms with E-state index in [-0.39, 0.29) is 12.6 Å². The van der Waals surface area contributed by atoms with E-state index in [4.69, 9.17) is 5.73 Å². The van der Waals surface area contributed by atoms with Gasteiger partial charge in [-0.2, -0.15) is 11.8 Å². The topological polar surface area (TPSA) is 120 Å². The fraction of sp³-hybridized carbons (Fsp3) is 0.500. The molecule has 2 heterocycles. The Kier molecular flexibility index (Phi) is 5.18. The largest absolute Gasteiger partial charge is 0.395 e. The number of thioether (sulfide) groups is 1. The lowest BCUT2D eigenvalue weighted by molar-refractivity contribution is 0.106. The number of nitrogens with one attached hydrogen (secondary N) is 2. The maximum Gasteiger partial charge on any atom is 0.151 e. The van der Waals surface area contributed by atoms with Gasteiger partial charge in [0, 0.05) is 24.1 Å². The van der Waals surface area contributed by atoms with Crippen molar-refractivity contribution < 1.29 is 10.2 Å². The zero-order valence-corrected chi connectivity index (χ0v) is 12.0. The molecule has 0 aliphatic carbocycles. The average molecular weight is 297 g/mol. The molecule has 7 nitrogen and oxygen atoms in total. The van der Waals surface area contributed by atoms with E-state index in [1.54, 1.807) is 6.20 Å². The van der Waals surface area contributed by atoms with E-state index in [1.807, 2.05) is 6.26 Å². The summed E-state index contributed by atoms with van der Waals surface area (Å²) < 4.78 is 0. The third-order valence-electron chi connectivity index (χ3n) is 3.12. The number of nitrogens with two attached hydrogens (primary N) is 1. The number of nitrogens with zero attached hydrogens (tertiary/aromatic N) is 2. The van der Waals surface area contributed by atoms with Crippen molar-refractivity contribution in [1.82, 2.24) is 20.3 Å². The Balaban J connectivity index is 2.07. The summed E-state index contributed by atoms with van der Waals surface area (Å²) in [5.74, 6) is 0.976. The molecule has 0 fully saturated rings. The van der Waals surface area contributed by atoms with Crippen LogP contribution in [0.5, 0.6) is 0 Å². The Hall–Kier alpha value is -1.35. The number of rotatable bonds is 7. The fourth-order valence-electron chi connectivity index (χ4n) is 2.00. The fourth-order valence-corrected chi connectivity index (χ4v) is 2.57. The number of hydrogen-bond donors (Lipinski definition) is 5. The number of nitrogen functional groups attached to an aromatic ring is 1. The summed E-state index contributed by atoms with van der Waals surface area (Å²) in [5, 5.41) is 22.4. The highest BCUT2D eigenvalue weighted by atomic mass is 32.2. The van der Waals surface area contributed by atoms with Crippen molar-refractivity contribution in [2.75, 3.05) is 24.3 Å². The van der Waals surface area contributed by atoms with Crippen LogP contribution in [-0.4, -0.2) is 55.9 Å². The summed E-state index contributed by atoms with van der Waals surface area (Å²) in [6, 6.07) is -0.369. The standard InChI is InChI=1S/C12H19N5O2S/c1-20-5-9(19)8(4-18)14-2-7-3-15-11-10(7)16-6-17-12(11)13/h3,6,8-9,14-15,18-19H,2,4-5H2,1H3,(H2,13,16,17)/t8-,9+/m1/s1. The van der Waals surface area contributed by atoms with Crippen molar-refractivity contribution in [2.45, 2.75) is 18.7 Å². The summed E-state index contributed by atoms with van der Waals surface area (Å²) in [4.78, 5) is 11.1. The first-order valence-corrected chi connectivity index (χ1v) is 7.64. The molecule has 6 N–H and O–H groups in total. The van der Waals surface area contributed by atoms with Gasteiger partial charge in [0.05, 0.1) is 24.3 Å². The molecule has 0 aliphatic rings. The minimum absolute atomic E-state index is 0.124. The van der Waals surface area contributed by atoms with Crippen LogP contribution in [0.1, 0.15) is 5.56 Å². The zero-order valence-electron chi connectivity index (χ0n) is 11.2. The summed E-state index contributed by atoms with van der Waals surface area (Å²) in [6.45, 7) is 0.355. The monoisotopic (exact) mass is 297 g/mol. The predicted molar refractivity (Wildman–Crippen MR) is 80.4 cm³/mol. The van der Waals surface area contributed by atoms with E-state index in [1.165, 1.54) is 18.1 Å². The van der Waals surface area contributed by atoms with Gasteiger partial charge in [-0.3, -0.25) is 0 Å². The molecule has 2 atom stereocenters. The summed E-state index contributed by atoms with van der Waals surface area (Å²) >= 11 is 1.54. The third kappa shape index (κ3) is 3.21. The maximum absolute atomic E-state index is 9.90. The lowest BCUT2D eigenvalue weighted by Gasteiger charge is -2.21. The predicted octanol–water partition coefficient (Wildman–Crippen LogP) is -0.286. The van der Waals surface area contributed by atoms with Gasteiger partial charge in [-0.25, -0.2) is 9.97 Å². The first-order valence-electron chi connectivity index (χ1n) is 6.25. The molecule has 0 radical (unpaired) electrons. The Morgan fingerprint density at radius 1 is 1.50 bits per heavy atom. The Morgan fingerprint density at radius 3 is 3.00 bits per heavy atom. The molecule has 2 aromatic heterocycles. The molecular weight excluding hydrogens is 278 g/mol. The van der Waals surface area contributed by atoms with E-state index in [2.05, 4.69) is 20.3 Å². The number of aliphatic hydroxyl groups is 2. The van der Waals surface area contributed by atoms with Gasteiger partial charge in [-0.15, -0.1) is 0 Å². The van der Waals surface area contributed by atoms with Crippen LogP contribution in [0.3, 0.4) is 0 Å². The van der Waals surface area contributed by atoms with Crippen LogP contribution in [0.2, 0.25) is 0 Å². The second kappa shape index (κ2) is 6.89. The molecule has 8 heteroatoms. The molecule has 0 spiro atoms. The Labute approximate surface area is 121 Å². The van der Waals surface area contributed by atoms with E-state index in [9.17, 15) is 10.2 Å². The van der Waals surface area contributed by atoms with Crippen LogP contribution in [0, 0.1) is 0 Å². The minimum atomic E-state index is -0.597. The van der Waals surface area contributed by atoms with Crippen LogP contribution in [-0.2, 0) is 6.54 Å². The smallest absolute Gasteiger partial charge is 0.151 e. The highest BCUT2D eigenvalue weighted by molar-refractivity contribution is 7.98. The van der Waals surface area contributed by atoms with Crippen LogP contribution >= 0.6 is 11.8 Å². The van der Waals surface area contributed by atoms with Crippen molar-refractivity contribution >= 4 is 28.6 Å². The molecule has 0 aromatic carbocycles. The first kappa shape index (κ1) is 15.0. The van der Waals surface area contributed by atoms with Crippen LogP contribution in [0.25, 0.3) is 11.0 Å². The second-order valence-corrected chi connectivity index (χ2v) is 5.40. The molecule has 0 amide bonds. The molecular formula is C12H19N5O2S. The molecule has 0 saturated heterocycles. The molecule has 110 valence electrons. The number of anilines is 1. The van der Waals surface area contributed by atoms with Crippen molar-refractivity contribution in [3.63, 3.8) is 0 Å². The highest BCUT2D eigenvalue weighted by Gasteiger charge is 2.18. The second-order valence-electron chi connectivity index (χ2n) is 4.49. The van der Waals surface area contributed by atoms with Gasteiger partial charge in [-0.1, -0.05) is 0 Å². The molecule has 0 saturated carbocycles. The van der Waals surface area contributed by atoms with Crippen LogP contribution in [0.15, 0.2) is 12.5 Å². The molecule has 2 aromatic rings. The van der Waals surface area contributed by atoms with Gasteiger partial charge in [0.15, 0.2) is 5.82 Å². The number of aromatic nitrogens is 3. The van der Waals surface area contributed by atoms with Crippen molar-refractivity contribution in [1.29, 1.82) is 0 Å². The van der Waals surface area contributed by atoms with Gasteiger partial charge in [-0.05, 0) is 6.26 Å². The number of aliphatic hydroxyl groups excluding tert-OH is 2. The Bertz CT molecular complexity index is 562. The van der Waals surface area contributed by atoms with Crippen LogP contribution < -0.4 is 11.1 Å².